The second-order valence-electron chi connectivity index (χ2n) is 4.82. The van der Waals surface area contributed by atoms with Crippen LogP contribution in [0.25, 0.3) is 0 Å². The van der Waals surface area contributed by atoms with Crippen LogP contribution >= 0.6 is 0 Å². The van der Waals surface area contributed by atoms with E-state index in [0.717, 1.165) is 30.9 Å². The Hall–Kier alpha value is -2.30. The smallest absolute Gasteiger partial charge is 0.328 e. The number of hydrogen-bond donors (Lipinski definition) is 1. The molecular weight excluding hydrogens is 256 g/mol. The van der Waals surface area contributed by atoms with Gasteiger partial charge in [0.25, 0.3) is 0 Å². The predicted octanol–water partition coefficient (Wildman–Crippen LogP) is 1.28. The first-order chi connectivity index (χ1) is 9.56. The molecule has 0 bridgehead atoms. The molecule has 0 aliphatic carbocycles. The molecule has 5 heteroatoms. The molecule has 1 aliphatic heterocycles. The number of piperazine rings is 1. The molecule has 1 fully saturated rings. The van der Waals surface area contributed by atoms with Crippen molar-refractivity contribution in [2.24, 2.45) is 0 Å². The normalized spacial score (nSPS) is 15.7. The number of aryl methyl sites for hydroxylation is 1. The Labute approximate surface area is 118 Å². The van der Waals surface area contributed by atoms with Crippen LogP contribution in [0, 0.1) is 6.92 Å². The molecule has 1 heterocycles. The topological polar surface area (TPSA) is 60.9 Å². The van der Waals surface area contributed by atoms with E-state index in [2.05, 4.69) is 30.0 Å². The number of anilines is 1. The van der Waals surface area contributed by atoms with Gasteiger partial charge in [-0.25, -0.2) is 4.79 Å². The van der Waals surface area contributed by atoms with Crippen LogP contribution in [0.1, 0.15) is 5.56 Å². The first-order valence-corrected chi connectivity index (χ1v) is 6.58. The minimum atomic E-state index is -1.10. The first kappa shape index (κ1) is 14.1. The van der Waals surface area contributed by atoms with Crippen molar-refractivity contribution in [2.75, 3.05) is 31.1 Å². The Bertz CT molecular complexity index is 532. The molecule has 0 atom stereocenters. The molecule has 1 amide bonds. The van der Waals surface area contributed by atoms with Crippen molar-refractivity contribution in [2.45, 2.75) is 6.92 Å². The van der Waals surface area contributed by atoms with Gasteiger partial charge in [-0.3, -0.25) is 4.79 Å². The molecule has 2 rings (SSSR count). The number of benzene rings is 1. The van der Waals surface area contributed by atoms with Crippen LogP contribution in [0.4, 0.5) is 5.69 Å². The monoisotopic (exact) mass is 274 g/mol. The average molecular weight is 274 g/mol. The average Bonchev–Trinajstić information content (AvgIpc) is 2.45. The fourth-order valence-corrected chi connectivity index (χ4v) is 2.26. The van der Waals surface area contributed by atoms with Crippen LogP contribution in [-0.2, 0) is 9.59 Å². The number of carboxylic acids is 1. The number of hydrogen-bond acceptors (Lipinski definition) is 3. The summed E-state index contributed by atoms with van der Waals surface area (Å²) in [5, 5.41) is 8.51. The maximum Gasteiger partial charge on any atom is 0.328 e. The van der Waals surface area contributed by atoms with Crippen molar-refractivity contribution in [3.8, 4) is 0 Å². The summed E-state index contributed by atoms with van der Waals surface area (Å²) < 4.78 is 0. The maximum absolute atomic E-state index is 11.8. The Balaban J connectivity index is 1.92. The second kappa shape index (κ2) is 6.23. The molecule has 1 aromatic rings. The Kier molecular flexibility index (Phi) is 4.40. The van der Waals surface area contributed by atoms with Gasteiger partial charge >= 0.3 is 5.97 Å². The van der Waals surface area contributed by atoms with Crippen molar-refractivity contribution < 1.29 is 14.7 Å². The van der Waals surface area contributed by atoms with Crippen molar-refractivity contribution in [1.29, 1.82) is 0 Å². The van der Waals surface area contributed by atoms with Gasteiger partial charge < -0.3 is 14.9 Å². The fraction of sp³-hybridized carbons (Fsp3) is 0.333. The van der Waals surface area contributed by atoms with Crippen LogP contribution in [0.15, 0.2) is 36.4 Å². The van der Waals surface area contributed by atoms with E-state index >= 15 is 0 Å². The van der Waals surface area contributed by atoms with Gasteiger partial charge in [-0.15, -0.1) is 0 Å². The van der Waals surface area contributed by atoms with Gasteiger partial charge in [-0.1, -0.05) is 12.1 Å². The van der Waals surface area contributed by atoms with E-state index in [4.69, 9.17) is 5.11 Å². The number of nitrogens with zero attached hydrogens (tertiary/aromatic N) is 2. The third-order valence-corrected chi connectivity index (χ3v) is 3.33. The molecule has 106 valence electrons. The summed E-state index contributed by atoms with van der Waals surface area (Å²) in [4.78, 5) is 26.1. The van der Waals surface area contributed by atoms with E-state index in [9.17, 15) is 9.59 Å². The Morgan fingerprint density at radius 3 is 2.45 bits per heavy atom. The van der Waals surface area contributed by atoms with Gasteiger partial charge in [0.1, 0.15) is 0 Å². The summed E-state index contributed by atoms with van der Waals surface area (Å²) in [6.07, 6.45) is 2.00. The molecule has 0 saturated carbocycles. The molecule has 5 nitrogen and oxygen atoms in total. The number of carbonyl (C=O) groups is 2. The summed E-state index contributed by atoms with van der Waals surface area (Å²) in [5.74, 6) is -1.34. The number of rotatable bonds is 3. The first-order valence-electron chi connectivity index (χ1n) is 6.58. The van der Waals surface area contributed by atoms with E-state index in [1.807, 2.05) is 6.07 Å². The lowest BCUT2D eigenvalue weighted by Crippen LogP contribution is -2.48. The predicted molar refractivity (Wildman–Crippen MR) is 76.7 cm³/mol. The van der Waals surface area contributed by atoms with Crippen LogP contribution < -0.4 is 4.90 Å². The maximum atomic E-state index is 11.8. The molecule has 0 unspecified atom stereocenters. The number of aliphatic carboxylic acids is 1. The summed E-state index contributed by atoms with van der Waals surface area (Å²) in [6.45, 7) is 4.79. The largest absolute Gasteiger partial charge is 0.478 e. The lowest BCUT2D eigenvalue weighted by atomic mass is 10.2. The summed E-state index contributed by atoms with van der Waals surface area (Å²) in [5.41, 5.74) is 2.38. The minimum absolute atomic E-state index is 0.240. The van der Waals surface area contributed by atoms with Gasteiger partial charge in [0.05, 0.1) is 0 Å². The zero-order valence-corrected chi connectivity index (χ0v) is 11.5. The second-order valence-corrected chi connectivity index (χ2v) is 4.82. The molecule has 0 spiro atoms. The summed E-state index contributed by atoms with van der Waals surface area (Å²) >= 11 is 0. The van der Waals surface area contributed by atoms with Crippen LogP contribution in [0.3, 0.4) is 0 Å². The lowest BCUT2D eigenvalue weighted by Gasteiger charge is -2.35. The van der Waals surface area contributed by atoms with Crippen LogP contribution in [0.5, 0.6) is 0 Å². The number of amides is 1. The van der Waals surface area contributed by atoms with Crippen molar-refractivity contribution in [3.63, 3.8) is 0 Å². The van der Waals surface area contributed by atoms with E-state index in [1.165, 1.54) is 5.56 Å². The molecule has 0 aromatic heterocycles. The molecule has 20 heavy (non-hydrogen) atoms. The SMILES string of the molecule is Cc1cccc(N2CCN(C(=O)C=CC(=O)O)CC2)c1. The van der Waals surface area contributed by atoms with Gasteiger partial charge in [-0.2, -0.15) is 0 Å². The van der Waals surface area contributed by atoms with E-state index in [-0.39, 0.29) is 5.91 Å². The van der Waals surface area contributed by atoms with E-state index in [1.54, 1.807) is 4.90 Å². The highest BCUT2D eigenvalue weighted by atomic mass is 16.4. The molecule has 1 saturated heterocycles. The molecule has 0 radical (unpaired) electrons. The van der Waals surface area contributed by atoms with Gasteiger partial charge in [0.15, 0.2) is 0 Å². The van der Waals surface area contributed by atoms with Crippen LogP contribution in [-0.4, -0.2) is 48.1 Å². The minimum Gasteiger partial charge on any atom is -0.478 e. The quantitative estimate of drug-likeness (QED) is 0.844. The fourth-order valence-electron chi connectivity index (χ4n) is 2.26. The van der Waals surface area contributed by atoms with Gasteiger partial charge in [0, 0.05) is 44.0 Å². The van der Waals surface area contributed by atoms with Crippen molar-refractivity contribution >= 4 is 17.6 Å². The van der Waals surface area contributed by atoms with Gasteiger partial charge in [0.2, 0.25) is 5.91 Å². The zero-order chi connectivity index (χ0) is 14.5. The highest BCUT2D eigenvalue weighted by Gasteiger charge is 2.19. The highest BCUT2D eigenvalue weighted by Crippen LogP contribution is 2.17. The Morgan fingerprint density at radius 1 is 1.15 bits per heavy atom. The molecule has 1 aromatic carbocycles. The lowest BCUT2D eigenvalue weighted by molar-refractivity contribution is -0.132. The third-order valence-electron chi connectivity index (χ3n) is 3.33. The third kappa shape index (κ3) is 3.60. The van der Waals surface area contributed by atoms with Crippen molar-refractivity contribution in [3.05, 3.63) is 42.0 Å². The van der Waals surface area contributed by atoms with Crippen LogP contribution in [0.2, 0.25) is 0 Å². The summed E-state index contributed by atoms with van der Waals surface area (Å²) in [7, 11) is 0. The van der Waals surface area contributed by atoms with E-state index in [0.29, 0.717) is 13.1 Å². The molecular formula is C15H18N2O3. The molecule has 1 N–H and O–H groups in total. The van der Waals surface area contributed by atoms with Crippen molar-refractivity contribution in [1.82, 2.24) is 4.90 Å². The Morgan fingerprint density at radius 2 is 1.85 bits per heavy atom. The highest BCUT2D eigenvalue weighted by molar-refractivity contribution is 5.94. The number of carboxylic acid groups (broad SMARTS) is 1. The number of carbonyl (C=O) groups excluding carboxylic acids is 1. The van der Waals surface area contributed by atoms with E-state index < -0.39 is 5.97 Å². The molecule has 1 aliphatic rings. The standard InChI is InChI=1S/C15H18N2O3/c1-12-3-2-4-13(11-12)16-7-9-17(10-8-16)14(18)5-6-15(19)20/h2-6,11H,7-10H2,1H3,(H,19,20). The summed E-state index contributed by atoms with van der Waals surface area (Å²) in [6, 6.07) is 8.27. The van der Waals surface area contributed by atoms with Gasteiger partial charge in [-0.05, 0) is 24.6 Å². The zero-order valence-electron chi connectivity index (χ0n) is 11.5.